The number of hydrogen-bond donors (Lipinski definition) is 1. The molecule has 1 aromatic rings. The summed E-state index contributed by atoms with van der Waals surface area (Å²) < 4.78 is 43.2. The molecule has 0 atom stereocenters. The van der Waals surface area contributed by atoms with E-state index in [1.54, 1.807) is 0 Å². The summed E-state index contributed by atoms with van der Waals surface area (Å²) in [6.07, 6.45) is -4.58. The van der Waals surface area contributed by atoms with Crippen LogP contribution in [0.25, 0.3) is 0 Å². The van der Waals surface area contributed by atoms with Crippen LogP contribution in [0, 0.1) is 0 Å². The van der Waals surface area contributed by atoms with Gasteiger partial charge in [-0.3, -0.25) is 0 Å². The quantitative estimate of drug-likeness (QED) is 0.888. The zero-order valence-corrected chi connectivity index (χ0v) is 10.3. The average Bonchev–Trinajstić information content (AvgIpc) is 2.14. The molecule has 0 fully saturated rings. The number of methoxy groups -OCH3 is 1. The van der Waals surface area contributed by atoms with Crippen LogP contribution in [0.3, 0.4) is 0 Å². The van der Waals surface area contributed by atoms with E-state index in [1.165, 1.54) is 21.0 Å². The van der Waals surface area contributed by atoms with Gasteiger partial charge in [0.2, 0.25) is 0 Å². The summed E-state index contributed by atoms with van der Waals surface area (Å²) in [5, 5.41) is 9.75. The van der Waals surface area contributed by atoms with Crippen molar-refractivity contribution in [2.45, 2.75) is 25.6 Å². The van der Waals surface area contributed by atoms with E-state index < -0.39 is 17.3 Å². The van der Waals surface area contributed by atoms with Crippen molar-refractivity contribution >= 4 is 11.6 Å². The molecule has 0 aliphatic rings. The fraction of sp³-hybridized carbons (Fsp3) is 0.455. The lowest BCUT2D eigenvalue weighted by Crippen LogP contribution is -2.22. The summed E-state index contributed by atoms with van der Waals surface area (Å²) >= 11 is 5.75. The molecule has 0 amide bonds. The molecule has 6 heteroatoms. The van der Waals surface area contributed by atoms with Crippen LogP contribution < -0.4 is 4.74 Å². The normalized spacial score (nSPS) is 12.7. The molecule has 0 bridgehead atoms. The molecule has 0 unspecified atom stereocenters. The van der Waals surface area contributed by atoms with Gasteiger partial charge in [0.15, 0.2) is 0 Å². The Morgan fingerprint density at radius 3 is 2.06 bits per heavy atom. The predicted molar refractivity (Wildman–Crippen MR) is 58.3 cm³/mol. The molecule has 96 valence electrons. The molecule has 1 aromatic carbocycles. The van der Waals surface area contributed by atoms with E-state index in [1.807, 2.05) is 0 Å². The molecular weight excluding hydrogens is 257 g/mol. The number of alkyl halides is 3. The van der Waals surface area contributed by atoms with Crippen molar-refractivity contribution in [2.75, 3.05) is 7.11 Å². The van der Waals surface area contributed by atoms with Gasteiger partial charge >= 0.3 is 6.18 Å². The van der Waals surface area contributed by atoms with Crippen LogP contribution >= 0.6 is 11.6 Å². The van der Waals surface area contributed by atoms with Crippen molar-refractivity contribution in [1.82, 2.24) is 0 Å². The van der Waals surface area contributed by atoms with Gasteiger partial charge in [-0.1, -0.05) is 11.6 Å². The predicted octanol–water partition coefficient (Wildman–Crippen LogP) is 3.59. The standard InChI is InChI=1S/C11H12ClF3O2/c1-10(2,16)6-4-8(12)9(17-3)5-7(6)11(13,14)15/h4-5,16H,1-3H3. The summed E-state index contributed by atoms with van der Waals surface area (Å²) in [5.74, 6) is -0.0769. The van der Waals surface area contributed by atoms with Crippen LogP contribution in [-0.2, 0) is 11.8 Å². The second kappa shape index (κ2) is 4.38. The van der Waals surface area contributed by atoms with Crippen LogP contribution in [0.2, 0.25) is 5.02 Å². The number of aliphatic hydroxyl groups is 1. The SMILES string of the molecule is COc1cc(C(F)(F)F)c(C(C)(C)O)cc1Cl. The first-order valence-corrected chi connectivity index (χ1v) is 5.12. The van der Waals surface area contributed by atoms with Gasteiger partial charge < -0.3 is 9.84 Å². The van der Waals surface area contributed by atoms with Crippen LogP contribution in [-0.4, -0.2) is 12.2 Å². The molecule has 17 heavy (non-hydrogen) atoms. The van der Waals surface area contributed by atoms with Gasteiger partial charge in [0, 0.05) is 0 Å². The Morgan fingerprint density at radius 2 is 1.71 bits per heavy atom. The number of benzene rings is 1. The topological polar surface area (TPSA) is 29.5 Å². The molecular formula is C11H12ClF3O2. The lowest BCUT2D eigenvalue weighted by molar-refractivity contribution is -0.140. The van der Waals surface area contributed by atoms with Gasteiger partial charge in [-0.25, -0.2) is 0 Å². The van der Waals surface area contributed by atoms with Gasteiger partial charge in [-0.15, -0.1) is 0 Å². The van der Waals surface area contributed by atoms with Crippen LogP contribution in [0.1, 0.15) is 25.0 Å². The Hall–Kier alpha value is -0.940. The monoisotopic (exact) mass is 268 g/mol. The largest absolute Gasteiger partial charge is 0.495 e. The molecule has 0 spiro atoms. The molecule has 2 nitrogen and oxygen atoms in total. The van der Waals surface area contributed by atoms with Gasteiger partial charge in [0.1, 0.15) is 5.75 Å². The molecule has 0 aliphatic heterocycles. The first-order chi connectivity index (χ1) is 7.57. The van der Waals surface area contributed by atoms with Gasteiger partial charge in [-0.2, -0.15) is 13.2 Å². The highest BCUT2D eigenvalue weighted by molar-refractivity contribution is 6.32. The van der Waals surface area contributed by atoms with Crippen LogP contribution in [0.5, 0.6) is 5.75 Å². The van der Waals surface area contributed by atoms with E-state index >= 15 is 0 Å². The lowest BCUT2D eigenvalue weighted by Gasteiger charge is -2.24. The number of ether oxygens (including phenoxy) is 1. The van der Waals surface area contributed by atoms with E-state index in [9.17, 15) is 18.3 Å². The van der Waals surface area contributed by atoms with Crippen molar-refractivity contribution < 1.29 is 23.0 Å². The third-order valence-corrected chi connectivity index (χ3v) is 2.55. The Morgan fingerprint density at radius 1 is 1.18 bits per heavy atom. The van der Waals surface area contributed by atoms with Crippen LogP contribution in [0.15, 0.2) is 12.1 Å². The minimum atomic E-state index is -4.58. The maximum absolute atomic E-state index is 12.8. The smallest absolute Gasteiger partial charge is 0.416 e. The molecule has 0 saturated carbocycles. The molecule has 0 radical (unpaired) electrons. The number of rotatable bonds is 2. The molecule has 0 aromatic heterocycles. The van der Waals surface area contributed by atoms with Crippen molar-refractivity contribution in [3.8, 4) is 5.75 Å². The second-order valence-corrected chi connectivity index (χ2v) is 4.50. The zero-order valence-electron chi connectivity index (χ0n) is 9.52. The molecule has 0 heterocycles. The van der Waals surface area contributed by atoms with Crippen LogP contribution in [0.4, 0.5) is 13.2 Å². The highest BCUT2D eigenvalue weighted by Gasteiger charge is 2.38. The lowest BCUT2D eigenvalue weighted by atomic mass is 9.92. The Labute approximate surface area is 102 Å². The van der Waals surface area contributed by atoms with Gasteiger partial charge in [0.05, 0.1) is 23.3 Å². The highest BCUT2D eigenvalue weighted by atomic mass is 35.5. The van der Waals surface area contributed by atoms with Gasteiger partial charge in [0.25, 0.3) is 0 Å². The average molecular weight is 269 g/mol. The molecule has 1 N–H and O–H groups in total. The zero-order chi connectivity index (χ0) is 13.4. The first-order valence-electron chi connectivity index (χ1n) is 4.75. The molecule has 1 rings (SSSR count). The third-order valence-electron chi connectivity index (χ3n) is 2.26. The summed E-state index contributed by atoms with van der Waals surface area (Å²) in [6.45, 7) is 2.53. The maximum atomic E-state index is 12.8. The van der Waals surface area contributed by atoms with Crippen molar-refractivity contribution in [3.63, 3.8) is 0 Å². The first kappa shape index (κ1) is 14.1. The number of hydrogen-bond acceptors (Lipinski definition) is 2. The van der Waals surface area contributed by atoms with E-state index in [2.05, 4.69) is 0 Å². The second-order valence-electron chi connectivity index (χ2n) is 4.09. The minimum Gasteiger partial charge on any atom is -0.495 e. The Kier molecular flexibility index (Phi) is 3.64. The Balaban J connectivity index is 3.54. The molecule has 0 aliphatic carbocycles. The maximum Gasteiger partial charge on any atom is 0.416 e. The summed E-state index contributed by atoms with van der Waals surface area (Å²) in [5.41, 5.74) is -2.87. The minimum absolute atomic E-state index is 0.0256. The number of halogens is 4. The fourth-order valence-corrected chi connectivity index (χ4v) is 1.69. The summed E-state index contributed by atoms with van der Waals surface area (Å²) in [6, 6.07) is 1.86. The van der Waals surface area contributed by atoms with E-state index in [0.29, 0.717) is 0 Å². The molecule has 0 saturated heterocycles. The highest BCUT2D eigenvalue weighted by Crippen LogP contribution is 2.41. The fourth-order valence-electron chi connectivity index (χ4n) is 1.45. The van der Waals surface area contributed by atoms with Gasteiger partial charge in [-0.05, 0) is 31.5 Å². The van der Waals surface area contributed by atoms with E-state index in [-0.39, 0.29) is 16.3 Å². The van der Waals surface area contributed by atoms with Crippen molar-refractivity contribution in [2.24, 2.45) is 0 Å². The van der Waals surface area contributed by atoms with E-state index in [0.717, 1.165) is 12.1 Å². The van der Waals surface area contributed by atoms with E-state index in [4.69, 9.17) is 16.3 Å². The summed E-state index contributed by atoms with van der Waals surface area (Å²) in [7, 11) is 1.23. The third kappa shape index (κ3) is 3.04. The van der Waals surface area contributed by atoms with Crippen molar-refractivity contribution in [1.29, 1.82) is 0 Å². The Bertz CT molecular complexity index is 422. The summed E-state index contributed by atoms with van der Waals surface area (Å²) in [4.78, 5) is 0. The van der Waals surface area contributed by atoms with Crippen molar-refractivity contribution in [3.05, 3.63) is 28.3 Å².